The van der Waals surface area contributed by atoms with E-state index in [1.165, 1.54) is 18.4 Å². The van der Waals surface area contributed by atoms with Crippen molar-refractivity contribution in [1.82, 2.24) is 20.4 Å². The van der Waals surface area contributed by atoms with Gasteiger partial charge in [-0.05, 0) is 50.8 Å². The number of para-hydroxylation sites is 1. The van der Waals surface area contributed by atoms with Crippen molar-refractivity contribution in [2.24, 2.45) is 10.9 Å². The molecule has 2 N–H and O–H groups in total. The number of ether oxygens (including phenoxy) is 1. The third-order valence-electron chi connectivity index (χ3n) is 6.41. The average molecular weight is 416 g/mol. The molecule has 0 saturated carbocycles. The number of benzene rings is 1. The molecule has 1 aromatic rings. The lowest BCUT2D eigenvalue weighted by atomic mass is 9.93. The van der Waals surface area contributed by atoms with Gasteiger partial charge in [-0.15, -0.1) is 0 Å². The Kier molecular flexibility index (Phi) is 8.37. The van der Waals surface area contributed by atoms with Gasteiger partial charge < -0.3 is 20.3 Å². The Bertz CT molecular complexity index is 709. The van der Waals surface area contributed by atoms with E-state index in [0.29, 0.717) is 12.3 Å². The number of hydrogen-bond acceptors (Lipinski definition) is 4. The second kappa shape index (κ2) is 11.2. The van der Waals surface area contributed by atoms with Gasteiger partial charge >= 0.3 is 0 Å². The normalized spacial score (nSPS) is 19.6. The molecular weight excluding hydrogens is 378 g/mol. The molecule has 2 fully saturated rings. The lowest BCUT2D eigenvalue weighted by Crippen LogP contribution is -2.48. The van der Waals surface area contributed by atoms with Crippen LogP contribution in [0.25, 0.3) is 0 Å². The first-order valence-corrected chi connectivity index (χ1v) is 11.2. The molecular formula is C23H37N5O2. The van der Waals surface area contributed by atoms with Crippen molar-refractivity contribution in [3.05, 3.63) is 29.8 Å². The number of carbonyl (C=O) groups excluding carboxylic acids is 1. The number of nitrogens with zero attached hydrogens (tertiary/aromatic N) is 3. The van der Waals surface area contributed by atoms with E-state index in [0.717, 1.165) is 57.3 Å². The Morgan fingerprint density at radius 3 is 2.53 bits per heavy atom. The predicted molar refractivity (Wildman–Crippen MR) is 121 cm³/mol. The number of piperidine rings is 1. The lowest BCUT2D eigenvalue weighted by Gasteiger charge is -2.35. The number of guanidine groups is 1. The summed E-state index contributed by atoms with van der Waals surface area (Å²) in [5.74, 6) is 2.50. The summed E-state index contributed by atoms with van der Waals surface area (Å²) in [6.45, 7) is 4.90. The SMILES string of the molecule is CN=C(NCC(c1ccccc1OC)N1CCCC1)N1CCC(CC(=O)NC)CC1. The Morgan fingerprint density at radius 2 is 1.90 bits per heavy atom. The maximum atomic E-state index is 11.7. The first kappa shape index (κ1) is 22.4. The van der Waals surface area contributed by atoms with Crippen LogP contribution in [0, 0.1) is 5.92 Å². The van der Waals surface area contributed by atoms with E-state index in [2.05, 4.69) is 37.6 Å². The van der Waals surface area contributed by atoms with Crippen LogP contribution in [0.3, 0.4) is 0 Å². The summed E-state index contributed by atoms with van der Waals surface area (Å²) in [7, 11) is 5.31. The fourth-order valence-electron chi connectivity index (χ4n) is 4.66. The minimum Gasteiger partial charge on any atom is -0.496 e. The average Bonchev–Trinajstić information content (AvgIpc) is 3.32. The molecule has 1 unspecified atom stereocenters. The second-order valence-corrected chi connectivity index (χ2v) is 8.24. The Hall–Kier alpha value is -2.28. The lowest BCUT2D eigenvalue weighted by molar-refractivity contribution is -0.121. The van der Waals surface area contributed by atoms with Crippen molar-refractivity contribution in [1.29, 1.82) is 0 Å². The molecule has 1 aromatic carbocycles. The van der Waals surface area contributed by atoms with Gasteiger partial charge in [0, 0.05) is 45.7 Å². The van der Waals surface area contributed by atoms with Gasteiger partial charge in [0.05, 0.1) is 13.2 Å². The quantitative estimate of drug-likeness (QED) is 0.528. The van der Waals surface area contributed by atoms with Crippen molar-refractivity contribution < 1.29 is 9.53 Å². The van der Waals surface area contributed by atoms with E-state index in [4.69, 9.17) is 4.74 Å². The summed E-state index contributed by atoms with van der Waals surface area (Å²) in [6, 6.07) is 8.60. The van der Waals surface area contributed by atoms with Gasteiger partial charge in [-0.1, -0.05) is 18.2 Å². The van der Waals surface area contributed by atoms with Gasteiger partial charge in [-0.25, -0.2) is 0 Å². The molecule has 0 radical (unpaired) electrons. The molecule has 3 rings (SSSR count). The number of hydrogen-bond donors (Lipinski definition) is 2. The van der Waals surface area contributed by atoms with Gasteiger partial charge in [0.1, 0.15) is 5.75 Å². The van der Waals surface area contributed by atoms with Crippen LogP contribution in [0.15, 0.2) is 29.3 Å². The van der Waals surface area contributed by atoms with E-state index in [9.17, 15) is 4.79 Å². The van der Waals surface area contributed by atoms with Crippen molar-refractivity contribution in [2.75, 3.05) is 53.9 Å². The molecule has 1 atom stereocenters. The van der Waals surface area contributed by atoms with Crippen LogP contribution in [-0.4, -0.2) is 75.6 Å². The molecule has 0 aromatic heterocycles. The van der Waals surface area contributed by atoms with Gasteiger partial charge in [-0.2, -0.15) is 0 Å². The number of methoxy groups -OCH3 is 1. The van der Waals surface area contributed by atoms with Gasteiger partial charge in [0.15, 0.2) is 5.96 Å². The molecule has 0 aliphatic carbocycles. The second-order valence-electron chi connectivity index (χ2n) is 8.24. The highest BCUT2D eigenvalue weighted by molar-refractivity contribution is 5.80. The topological polar surface area (TPSA) is 69.2 Å². The minimum atomic E-state index is 0.140. The van der Waals surface area contributed by atoms with Crippen molar-refractivity contribution in [2.45, 2.75) is 38.1 Å². The van der Waals surface area contributed by atoms with Crippen LogP contribution in [0.4, 0.5) is 0 Å². The zero-order valence-electron chi connectivity index (χ0n) is 18.7. The Labute approximate surface area is 180 Å². The molecule has 0 bridgehead atoms. The van der Waals surface area contributed by atoms with E-state index in [-0.39, 0.29) is 11.9 Å². The van der Waals surface area contributed by atoms with Crippen LogP contribution in [0.2, 0.25) is 0 Å². The Balaban J connectivity index is 1.62. The van der Waals surface area contributed by atoms with Crippen molar-refractivity contribution >= 4 is 11.9 Å². The van der Waals surface area contributed by atoms with E-state index >= 15 is 0 Å². The minimum absolute atomic E-state index is 0.140. The van der Waals surface area contributed by atoms with Crippen LogP contribution in [0.1, 0.15) is 43.7 Å². The number of likely N-dealkylation sites (tertiary alicyclic amines) is 2. The summed E-state index contributed by atoms with van der Waals surface area (Å²) in [5, 5.41) is 6.37. The molecule has 7 nitrogen and oxygen atoms in total. The van der Waals surface area contributed by atoms with Gasteiger partial charge in [-0.3, -0.25) is 14.7 Å². The highest BCUT2D eigenvalue weighted by Gasteiger charge is 2.28. The number of amides is 1. The van der Waals surface area contributed by atoms with E-state index < -0.39 is 0 Å². The number of nitrogens with one attached hydrogen (secondary N) is 2. The van der Waals surface area contributed by atoms with Crippen LogP contribution in [0.5, 0.6) is 5.75 Å². The molecule has 2 aliphatic heterocycles. The summed E-state index contributed by atoms with van der Waals surface area (Å²) in [6.07, 6.45) is 5.17. The van der Waals surface area contributed by atoms with Crippen molar-refractivity contribution in [3.63, 3.8) is 0 Å². The van der Waals surface area contributed by atoms with E-state index in [1.807, 2.05) is 19.2 Å². The van der Waals surface area contributed by atoms with Gasteiger partial charge in [0.2, 0.25) is 5.91 Å². The monoisotopic (exact) mass is 415 g/mol. The Morgan fingerprint density at radius 1 is 1.20 bits per heavy atom. The number of rotatable bonds is 7. The molecule has 7 heteroatoms. The third-order valence-corrected chi connectivity index (χ3v) is 6.41. The molecule has 2 heterocycles. The standard InChI is InChI=1S/C23H37N5O2/c1-24-22(29)16-18-10-14-28(15-11-18)23(25-2)26-17-20(27-12-6-7-13-27)19-8-4-5-9-21(19)30-3/h4-5,8-9,18,20H,6-7,10-17H2,1-3H3,(H,24,29)(H,25,26). The molecule has 1 amide bonds. The predicted octanol–water partition coefficient (Wildman–Crippen LogP) is 2.26. The summed E-state index contributed by atoms with van der Waals surface area (Å²) in [4.78, 5) is 21.1. The van der Waals surface area contributed by atoms with E-state index in [1.54, 1.807) is 14.2 Å². The maximum Gasteiger partial charge on any atom is 0.220 e. The third kappa shape index (κ3) is 5.65. The van der Waals surface area contributed by atoms with Crippen LogP contribution >= 0.6 is 0 Å². The fraction of sp³-hybridized carbons (Fsp3) is 0.652. The largest absolute Gasteiger partial charge is 0.496 e. The maximum absolute atomic E-state index is 11.7. The molecule has 0 spiro atoms. The summed E-state index contributed by atoms with van der Waals surface area (Å²) >= 11 is 0. The zero-order chi connectivity index (χ0) is 21.3. The summed E-state index contributed by atoms with van der Waals surface area (Å²) in [5.41, 5.74) is 1.23. The highest BCUT2D eigenvalue weighted by Crippen LogP contribution is 2.31. The highest BCUT2D eigenvalue weighted by atomic mass is 16.5. The van der Waals surface area contributed by atoms with Crippen LogP contribution in [-0.2, 0) is 4.79 Å². The molecule has 30 heavy (non-hydrogen) atoms. The summed E-state index contributed by atoms with van der Waals surface area (Å²) < 4.78 is 5.66. The van der Waals surface area contributed by atoms with Crippen LogP contribution < -0.4 is 15.4 Å². The first-order valence-electron chi connectivity index (χ1n) is 11.2. The molecule has 2 saturated heterocycles. The first-order chi connectivity index (χ1) is 14.7. The van der Waals surface area contributed by atoms with Crippen molar-refractivity contribution in [3.8, 4) is 5.75 Å². The smallest absolute Gasteiger partial charge is 0.220 e. The fourth-order valence-corrected chi connectivity index (χ4v) is 4.66. The number of aliphatic imine (C=N–C) groups is 1. The molecule has 166 valence electrons. The number of carbonyl (C=O) groups is 1. The van der Waals surface area contributed by atoms with Gasteiger partial charge in [0.25, 0.3) is 0 Å². The zero-order valence-corrected chi connectivity index (χ0v) is 18.7. The molecule has 2 aliphatic rings.